The molecule has 0 bridgehead atoms. The van der Waals surface area contributed by atoms with Crippen LogP contribution >= 0.6 is 34.3 Å². The minimum atomic E-state index is -0.645. The first-order valence-electron chi connectivity index (χ1n) is 8.83. The first-order chi connectivity index (χ1) is 14.5. The first-order valence-corrected chi connectivity index (χ1v) is 10.9. The zero-order valence-electron chi connectivity index (χ0n) is 15.5. The molecule has 1 N–H and O–H groups in total. The van der Waals surface area contributed by atoms with Gasteiger partial charge in [0.15, 0.2) is 5.69 Å². The van der Waals surface area contributed by atoms with Crippen molar-refractivity contribution in [3.05, 3.63) is 73.1 Å². The normalized spacial score (nSPS) is 10.9. The predicted molar refractivity (Wildman–Crippen MR) is 118 cm³/mol. The van der Waals surface area contributed by atoms with Crippen LogP contribution in [-0.2, 0) is 4.74 Å². The van der Waals surface area contributed by atoms with Gasteiger partial charge < -0.3 is 10.1 Å². The van der Waals surface area contributed by atoms with Crippen molar-refractivity contribution >= 4 is 61.9 Å². The van der Waals surface area contributed by atoms with Crippen LogP contribution in [0.1, 0.15) is 27.1 Å². The zero-order valence-corrected chi connectivity index (χ0v) is 17.9. The van der Waals surface area contributed by atoms with Gasteiger partial charge in [-0.3, -0.25) is 9.59 Å². The van der Waals surface area contributed by atoms with Gasteiger partial charge in [0, 0.05) is 10.8 Å². The number of halogens is 1. The van der Waals surface area contributed by atoms with E-state index >= 15 is 0 Å². The van der Waals surface area contributed by atoms with Gasteiger partial charge in [-0.15, -0.1) is 22.7 Å². The summed E-state index contributed by atoms with van der Waals surface area (Å²) in [5.41, 5.74) is 0.0414. The Bertz CT molecular complexity index is 1310. The summed E-state index contributed by atoms with van der Waals surface area (Å²) < 4.78 is 6.74. The molecule has 0 aliphatic heterocycles. The second-order valence-corrected chi connectivity index (χ2v) is 8.63. The molecule has 0 saturated heterocycles. The Morgan fingerprint density at radius 2 is 1.97 bits per heavy atom. The molecule has 1 amide bonds. The number of nitrogens with one attached hydrogen (secondary N) is 1. The average molecular weight is 460 g/mol. The Balaban J connectivity index is 1.89. The molecule has 10 heteroatoms. The third-order valence-electron chi connectivity index (χ3n) is 4.15. The molecular formula is C20H14ClN3O4S2. The van der Waals surface area contributed by atoms with E-state index in [0.717, 1.165) is 27.4 Å². The Kier molecular flexibility index (Phi) is 5.67. The lowest BCUT2D eigenvalue weighted by Crippen LogP contribution is -2.25. The number of anilines is 1. The molecule has 0 atom stereocenters. The molecule has 4 rings (SSSR count). The van der Waals surface area contributed by atoms with Gasteiger partial charge in [0.2, 0.25) is 0 Å². The molecule has 4 aromatic rings. The van der Waals surface area contributed by atoms with Crippen LogP contribution in [0.5, 0.6) is 0 Å². The van der Waals surface area contributed by atoms with Crippen LogP contribution in [0.15, 0.2) is 52.6 Å². The fourth-order valence-corrected chi connectivity index (χ4v) is 4.71. The van der Waals surface area contributed by atoms with E-state index in [2.05, 4.69) is 10.4 Å². The van der Waals surface area contributed by atoms with Gasteiger partial charge in [0.05, 0.1) is 26.9 Å². The standard InChI is InChI=1S/C20H14ClN3O4S2/c1-2-28-20(27)16-12-10-29-18(22-17(25)13-8-9-14(21)30-13)15(12)19(26)24(23-16)11-6-4-3-5-7-11/h3-10H,2H2,1H3,(H,22,25). The van der Waals surface area contributed by atoms with Crippen molar-refractivity contribution in [3.8, 4) is 5.69 Å². The van der Waals surface area contributed by atoms with Gasteiger partial charge in [-0.25, -0.2) is 4.79 Å². The second kappa shape index (κ2) is 8.39. The third-order valence-corrected chi connectivity index (χ3v) is 6.27. The number of hydrogen-bond acceptors (Lipinski definition) is 7. The molecule has 0 radical (unpaired) electrons. The Morgan fingerprint density at radius 1 is 1.20 bits per heavy atom. The highest BCUT2D eigenvalue weighted by Gasteiger charge is 2.23. The van der Waals surface area contributed by atoms with E-state index in [9.17, 15) is 14.4 Å². The molecule has 3 aromatic heterocycles. The largest absolute Gasteiger partial charge is 0.461 e. The highest BCUT2D eigenvalue weighted by atomic mass is 35.5. The summed E-state index contributed by atoms with van der Waals surface area (Å²) in [6.07, 6.45) is 0. The Hall–Kier alpha value is -3.01. The number of amides is 1. The minimum Gasteiger partial charge on any atom is -0.461 e. The van der Waals surface area contributed by atoms with Gasteiger partial charge in [0.1, 0.15) is 5.00 Å². The van der Waals surface area contributed by atoms with Crippen LogP contribution in [0.25, 0.3) is 16.5 Å². The molecule has 0 aliphatic carbocycles. The van der Waals surface area contributed by atoms with E-state index in [1.807, 2.05) is 6.07 Å². The van der Waals surface area contributed by atoms with E-state index < -0.39 is 17.4 Å². The van der Waals surface area contributed by atoms with Crippen molar-refractivity contribution in [2.75, 3.05) is 11.9 Å². The predicted octanol–water partition coefficient (Wildman–Crippen LogP) is 4.59. The number of fused-ring (bicyclic) bond motifs is 1. The SMILES string of the molecule is CCOC(=O)c1nn(-c2ccccc2)c(=O)c2c(NC(=O)c3ccc(Cl)s3)scc12. The number of aromatic nitrogens is 2. The number of benzene rings is 1. The lowest BCUT2D eigenvalue weighted by atomic mass is 10.2. The van der Waals surface area contributed by atoms with Crippen LogP contribution in [0, 0.1) is 0 Å². The Labute approximate surface area is 183 Å². The maximum Gasteiger partial charge on any atom is 0.359 e. The van der Waals surface area contributed by atoms with E-state index in [4.69, 9.17) is 16.3 Å². The highest BCUT2D eigenvalue weighted by Crippen LogP contribution is 2.32. The maximum atomic E-state index is 13.3. The fourth-order valence-electron chi connectivity index (χ4n) is 2.84. The molecule has 0 unspecified atom stereocenters. The summed E-state index contributed by atoms with van der Waals surface area (Å²) in [6.45, 7) is 1.85. The summed E-state index contributed by atoms with van der Waals surface area (Å²) in [5, 5.41) is 9.46. The van der Waals surface area contributed by atoms with E-state index in [-0.39, 0.29) is 17.7 Å². The van der Waals surface area contributed by atoms with Crippen LogP contribution in [0.4, 0.5) is 5.00 Å². The molecule has 7 nitrogen and oxygen atoms in total. The van der Waals surface area contributed by atoms with Crippen molar-refractivity contribution < 1.29 is 14.3 Å². The number of para-hydroxylation sites is 1. The number of ether oxygens (including phenoxy) is 1. The van der Waals surface area contributed by atoms with E-state index in [1.165, 1.54) is 0 Å². The number of carbonyl (C=O) groups is 2. The van der Waals surface area contributed by atoms with Crippen LogP contribution in [-0.4, -0.2) is 28.3 Å². The summed E-state index contributed by atoms with van der Waals surface area (Å²) in [5.74, 6) is -1.04. The molecule has 0 aliphatic rings. The van der Waals surface area contributed by atoms with Gasteiger partial charge in [0.25, 0.3) is 11.5 Å². The number of nitrogens with zero attached hydrogens (tertiary/aromatic N) is 2. The minimum absolute atomic E-state index is 0.00576. The third kappa shape index (κ3) is 3.74. The fraction of sp³-hybridized carbons (Fsp3) is 0.100. The molecular weight excluding hydrogens is 446 g/mol. The summed E-state index contributed by atoms with van der Waals surface area (Å²) in [6, 6.07) is 12.0. The first kappa shape index (κ1) is 20.3. The number of thiophene rings is 2. The number of hydrogen-bond donors (Lipinski definition) is 1. The Morgan fingerprint density at radius 3 is 2.63 bits per heavy atom. The van der Waals surface area contributed by atoms with E-state index in [1.54, 1.807) is 48.7 Å². The van der Waals surface area contributed by atoms with Gasteiger partial charge >= 0.3 is 5.97 Å². The molecule has 3 heterocycles. The number of rotatable bonds is 5. The van der Waals surface area contributed by atoms with Crippen molar-refractivity contribution in [1.82, 2.24) is 9.78 Å². The lowest BCUT2D eigenvalue weighted by molar-refractivity contribution is 0.0520. The highest BCUT2D eigenvalue weighted by molar-refractivity contribution is 7.18. The smallest absolute Gasteiger partial charge is 0.359 e. The molecule has 0 spiro atoms. The average Bonchev–Trinajstić information content (AvgIpc) is 3.36. The maximum absolute atomic E-state index is 13.3. The number of carbonyl (C=O) groups excluding carboxylic acids is 2. The van der Waals surface area contributed by atoms with Gasteiger partial charge in [-0.05, 0) is 31.2 Å². The van der Waals surface area contributed by atoms with Crippen LogP contribution < -0.4 is 10.9 Å². The van der Waals surface area contributed by atoms with Crippen molar-refractivity contribution in [1.29, 1.82) is 0 Å². The van der Waals surface area contributed by atoms with Crippen molar-refractivity contribution in [3.63, 3.8) is 0 Å². The number of esters is 1. The van der Waals surface area contributed by atoms with Crippen LogP contribution in [0.3, 0.4) is 0 Å². The van der Waals surface area contributed by atoms with Crippen molar-refractivity contribution in [2.45, 2.75) is 6.92 Å². The molecule has 30 heavy (non-hydrogen) atoms. The van der Waals surface area contributed by atoms with Crippen LogP contribution in [0.2, 0.25) is 4.34 Å². The summed E-state index contributed by atoms with van der Waals surface area (Å²) >= 11 is 8.18. The molecule has 0 fully saturated rings. The van der Waals surface area contributed by atoms with Gasteiger partial charge in [-0.1, -0.05) is 29.8 Å². The van der Waals surface area contributed by atoms with E-state index in [0.29, 0.717) is 25.3 Å². The topological polar surface area (TPSA) is 90.3 Å². The quantitative estimate of drug-likeness (QED) is 0.441. The lowest BCUT2D eigenvalue weighted by Gasteiger charge is -2.09. The van der Waals surface area contributed by atoms with Gasteiger partial charge in [-0.2, -0.15) is 9.78 Å². The second-order valence-electron chi connectivity index (χ2n) is 6.03. The zero-order chi connectivity index (χ0) is 21.3. The monoisotopic (exact) mass is 459 g/mol. The van der Waals surface area contributed by atoms with Crippen molar-refractivity contribution in [2.24, 2.45) is 0 Å². The summed E-state index contributed by atoms with van der Waals surface area (Å²) in [4.78, 5) is 38.8. The molecule has 1 aromatic carbocycles. The molecule has 0 saturated carbocycles. The molecule has 152 valence electrons. The summed E-state index contributed by atoms with van der Waals surface area (Å²) in [7, 11) is 0.